The summed E-state index contributed by atoms with van der Waals surface area (Å²) >= 11 is 0. The smallest absolute Gasteiger partial charge is 0.243 e. The molecule has 2 aromatic rings. The normalized spacial score (nSPS) is 22.9. The number of carbonyl (C=O) groups is 2. The summed E-state index contributed by atoms with van der Waals surface area (Å²) in [6, 6.07) is 12.5. The molecule has 5 rings (SSSR count). The molecule has 8 nitrogen and oxygen atoms in total. The Balaban J connectivity index is 1.28. The fourth-order valence-electron chi connectivity index (χ4n) is 6.17. The number of fused-ring (bicyclic) bond motifs is 1. The number of sulfonamides is 1. The number of nitrogens with zero attached hydrogens (tertiary/aromatic N) is 2. The van der Waals surface area contributed by atoms with Crippen LogP contribution in [0.25, 0.3) is 0 Å². The van der Waals surface area contributed by atoms with Crippen molar-refractivity contribution in [3.63, 3.8) is 0 Å². The van der Waals surface area contributed by atoms with E-state index in [4.69, 9.17) is 0 Å². The molecule has 2 unspecified atom stereocenters. The number of nitrogens with one attached hydrogen (secondary N) is 2. The summed E-state index contributed by atoms with van der Waals surface area (Å²) in [5.41, 5.74) is 4.73. The molecule has 2 atom stereocenters. The summed E-state index contributed by atoms with van der Waals surface area (Å²) in [6.45, 7) is 5.54. The fraction of sp³-hybridized carbons (Fsp3) is 0.533. The summed E-state index contributed by atoms with van der Waals surface area (Å²) in [7, 11) is -3.86. The minimum Gasteiger partial charge on any atom is -0.355 e. The van der Waals surface area contributed by atoms with E-state index in [0.29, 0.717) is 0 Å². The quantitative estimate of drug-likeness (QED) is 0.548. The third-order valence-corrected chi connectivity index (χ3v) is 10.2. The maximum absolute atomic E-state index is 13.5. The molecule has 210 valence electrons. The van der Waals surface area contributed by atoms with Crippen molar-refractivity contribution in [2.75, 3.05) is 26.2 Å². The molecule has 9 heteroatoms. The van der Waals surface area contributed by atoms with Gasteiger partial charge in [-0.05, 0) is 80.9 Å². The van der Waals surface area contributed by atoms with E-state index in [0.717, 1.165) is 50.0 Å². The van der Waals surface area contributed by atoms with Gasteiger partial charge in [0.25, 0.3) is 0 Å². The van der Waals surface area contributed by atoms with Crippen molar-refractivity contribution in [3.8, 4) is 0 Å². The van der Waals surface area contributed by atoms with Gasteiger partial charge >= 0.3 is 0 Å². The number of carbonyl (C=O) groups excluding carboxylic acids is 2. The minimum absolute atomic E-state index is 0.0420. The van der Waals surface area contributed by atoms with E-state index in [2.05, 4.69) is 33.7 Å². The maximum Gasteiger partial charge on any atom is 0.243 e. The van der Waals surface area contributed by atoms with E-state index >= 15 is 0 Å². The van der Waals surface area contributed by atoms with Gasteiger partial charge in [0.1, 0.15) is 0 Å². The molecule has 2 saturated heterocycles. The van der Waals surface area contributed by atoms with E-state index in [9.17, 15) is 18.0 Å². The fourth-order valence-corrected chi connectivity index (χ4v) is 7.80. The zero-order valence-electron chi connectivity index (χ0n) is 22.8. The molecule has 2 aromatic carbocycles. The zero-order chi connectivity index (χ0) is 27.4. The third kappa shape index (κ3) is 6.70. The SMILES string of the molecule is Cc1ccc(S(=O)(=O)N2CCNC(=O)CC2CC(=O)NC2CCCc3cc(CN4CCCCC4)ccc32)cc1. The first-order valence-electron chi connectivity index (χ1n) is 14.3. The topological polar surface area (TPSA) is 98.8 Å². The van der Waals surface area contributed by atoms with Gasteiger partial charge in [0, 0.05) is 38.5 Å². The molecule has 2 heterocycles. The lowest BCUT2D eigenvalue weighted by Gasteiger charge is -2.31. The van der Waals surface area contributed by atoms with Gasteiger partial charge in [0.15, 0.2) is 0 Å². The number of hydrogen-bond acceptors (Lipinski definition) is 5. The van der Waals surface area contributed by atoms with Gasteiger partial charge in [0.05, 0.1) is 10.9 Å². The molecule has 0 bridgehead atoms. The second-order valence-electron chi connectivity index (χ2n) is 11.2. The highest BCUT2D eigenvalue weighted by atomic mass is 32.2. The Morgan fingerprint density at radius 2 is 1.79 bits per heavy atom. The Bertz CT molecular complexity index is 1290. The molecule has 2 fully saturated rings. The molecule has 0 saturated carbocycles. The average molecular weight is 553 g/mol. The lowest BCUT2D eigenvalue weighted by Crippen LogP contribution is -2.44. The number of piperidine rings is 1. The van der Waals surface area contributed by atoms with Crippen molar-refractivity contribution in [2.45, 2.75) is 81.8 Å². The summed E-state index contributed by atoms with van der Waals surface area (Å²) in [5.74, 6) is -0.465. The Hall–Kier alpha value is -2.75. The molecule has 2 aliphatic heterocycles. The Labute approximate surface area is 232 Å². The van der Waals surface area contributed by atoms with Crippen molar-refractivity contribution in [1.29, 1.82) is 0 Å². The zero-order valence-corrected chi connectivity index (χ0v) is 23.6. The largest absolute Gasteiger partial charge is 0.355 e. The Kier molecular flexibility index (Phi) is 8.69. The number of aryl methyl sites for hydroxylation is 2. The molecule has 2 N–H and O–H groups in total. The van der Waals surface area contributed by atoms with Gasteiger partial charge in [-0.1, -0.05) is 42.3 Å². The first kappa shape index (κ1) is 27.8. The number of amides is 2. The predicted octanol–water partition coefficient (Wildman–Crippen LogP) is 3.44. The van der Waals surface area contributed by atoms with Crippen molar-refractivity contribution in [2.24, 2.45) is 0 Å². The molecular weight excluding hydrogens is 512 g/mol. The van der Waals surface area contributed by atoms with Crippen molar-refractivity contribution < 1.29 is 18.0 Å². The van der Waals surface area contributed by atoms with E-state index in [1.165, 1.54) is 34.7 Å². The van der Waals surface area contributed by atoms with E-state index in [-0.39, 0.29) is 48.7 Å². The lowest BCUT2D eigenvalue weighted by molar-refractivity contribution is -0.123. The van der Waals surface area contributed by atoms with E-state index in [1.807, 2.05) is 6.92 Å². The first-order valence-corrected chi connectivity index (χ1v) is 15.7. The minimum atomic E-state index is -3.86. The molecule has 0 spiro atoms. The van der Waals surface area contributed by atoms with Crippen LogP contribution in [0.15, 0.2) is 47.4 Å². The van der Waals surface area contributed by atoms with Crippen LogP contribution in [-0.2, 0) is 32.6 Å². The van der Waals surface area contributed by atoms with Gasteiger partial charge in [-0.25, -0.2) is 8.42 Å². The van der Waals surface area contributed by atoms with Crippen LogP contribution in [0.1, 0.15) is 73.2 Å². The Morgan fingerprint density at radius 1 is 1.03 bits per heavy atom. The number of rotatable bonds is 7. The standard InChI is InChI=1S/C30H40N4O4S/c1-22-8-11-26(12-9-22)39(37,38)34-17-14-31-29(35)19-25(34)20-30(36)32-28-7-5-6-24-18-23(10-13-27(24)28)21-33-15-3-2-4-16-33/h8-13,18,25,28H,2-7,14-17,19-21H2,1H3,(H,31,35)(H,32,36). The monoisotopic (exact) mass is 552 g/mol. The summed E-state index contributed by atoms with van der Waals surface area (Å²) < 4.78 is 28.4. The number of hydrogen-bond donors (Lipinski definition) is 2. The van der Waals surface area contributed by atoms with E-state index < -0.39 is 16.1 Å². The molecule has 3 aliphatic rings. The van der Waals surface area contributed by atoms with Crippen LogP contribution in [0.5, 0.6) is 0 Å². The highest BCUT2D eigenvalue weighted by Crippen LogP contribution is 2.31. The van der Waals surface area contributed by atoms with Gasteiger partial charge in [0.2, 0.25) is 21.8 Å². The van der Waals surface area contributed by atoms with Crippen LogP contribution in [-0.4, -0.2) is 61.7 Å². The van der Waals surface area contributed by atoms with Crippen LogP contribution in [0, 0.1) is 6.92 Å². The molecule has 39 heavy (non-hydrogen) atoms. The van der Waals surface area contributed by atoms with Crippen LogP contribution in [0.3, 0.4) is 0 Å². The molecule has 0 aromatic heterocycles. The van der Waals surface area contributed by atoms with Crippen molar-refractivity contribution in [3.05, 3.63) is 64.7 Å². The summed E-state index contributed by atoms with van der Waals surface area (Å²) in [5, 5.41) is 5.93. The summed E-state index contributed by atoms with van der Waals surface area (Å²) in [4.78, 5) is 28.4. The predicted molar refractivity (Wildman–Crippen MR) is 150 cm³/mol. The second-order valence-corrected chi connectivity index (χ2v) is 13.1. The van der Waals surface area contributed by atoms with Gasteiger partial charge in [-0.2, -0.15) is 4.31 Å². The van der Waals surface area contributed by atoms with Gasteiger partial charge < -0.3 is 10.6 Å². The highest BCUT2D eigenvalue weighted by Gasteiger charge is 2.36. The van der Waals surface area contributed by atoms with Gasteiger partial charge in [-0.3, -0.25) is 14.5 Å². The second kappa shape index (κ2) is 12.2. The van der Waals surface area contributed by atoms with Crippen molar-refractivity contribution >= 4 is 21.8 Å². The molecule has 0 radical (unpaired) electrons. The van der Waals surface area contributed by atoms with Crippen LogP contribution in [0.4, 0.5) is 0 Å². The maximum atomic E-state index is 13.5. The molecular formula is C30H40N4O4S. The summed E-state index contributed by atoms with van der Waals surface area (Å²) in [6.07, 6.45) is 6.60. The van der Waals surface area contributed by atoms with E-state index in [1.54, 1.807) is 24.3 Å². The van der Waals surface area contributed by atoms with Gasteiger partial charge in [-0.15, -0.1) is 0 Å². The van der Waals surface area contributed by atoms with Crippen LogP contribution < -0.4 is 10.6 Å². The lowest BCUT2D eigenvalue weighted by atomic mass is 9.86. The molecule has 2 amide bonds. The first-order chi connectivity index (χ1) is 18.8. The van der Waals surface area contributed by atoms with Crippen LogP contribution in [0.2, 0.25) is 0 Å². The number of benzene rings is 2. The average Bonchev–Trinajstić information content (AvgIpc) is 3.10. The third-order valence-electron chi connectivity index (χ3n) is 8.24. The highest BCUT2D eigenvalue weighted by molar-refractivity contribution is 7.89. The van der Waals surface area contributed by atoms with Crippen LogP contribution >= 0.6 is 0 Å². The molecule has 1 aliphatic carbocycles. The number of likely N-dealkylation sites (tertiary alicyclic amines) is 1. The Morgan fingerprint density at radius 3 is 2.56 bits per heavy atom. The van der Waals surface area contributed by atoms with Crippen molar-refractivity contribution in [1.82, 2.24) is 19.8 Å².